The molecule has 0 spiro atoms. The van der Waals surface area contributed by atoms with Gasteiger partial charge in [0.25, 0.3) is 5.91 Å². The SMILES string of the molecule is Cc1nc(-c2cccc(F)c2)sc1C(=O)NC[C@@H]1CCCN2CCCC[C@H]12. The number of nitrogens with one attached hydrogen (secondary N) is 1. The lowest BCUT2D eigenvalue weighted by atomic mass is 9.83. The lowest BCUT2D eigenvalue weighted by Gasteiger charge is -2.44. The zero-order valence-corrected chi connectivity index (χ0v) is 16.5. The van der Waals surface area contributed by atoms with E-state index < -0.39 is 0 Å². The third-order valence-corrected chi connectivity index (χ3v) is 7.03. The summed E-state index contributed by atoms with van der Waals surface area (Å²) in [4.78, 5) is 20.5. The molecule has 0 unspecified atom stereocenters. The van der Waals surface area contributed by atoms with Gasteiger partial charge in [0, 0.05) is 18.2 Å². The minimum atomic E-state index is -0.291. The molecule has 1 amide bonds. The molecule has 4 nitrogen and oxygen atoms in total. The fraction of sp³-hybridized carbons (Fsp3) is 0.524. The van der Waals surface area contributed by atoms with E-state index in [1.165, 1.54) is 68.7 Å². The Bertz CT molecular complexity index is 820. The number of hydrogen-bond donors (Lipinski definition) is 1. The number of thiazole rings is 1. The van der Waals surface area contributed by atoms with Crippen LogP contribution in [0.3, 0.4) is 0 Å². The maximum Gasteiger partial charge on any atom is 0.263 e. The second-order valence-corrected chi connectivity index (χ2v) is 8.65. The van der Waals surface area contributed by atoms with Crippen molar-refractivity contribution in [2.75, 3.05) is 19.6 Å². The van der Waals surface area contributed by atoms with Gasteiger partial charge in [-0.15, -0.1) is 11.3 Å². The van der Waals surface area contributed by atoms with E-state index in [4.69, 9.17) is 0 Å². The van der Waals surface area contributed by atoms with Crippen molar-refractivity contribution >= 4 is 17.2 Å². The van der Waals surface area contributed by atoms with Crippen molar-refractivity contribution in [3.8, 4) is 10.6 Å². The summed E-state index contributed by atoms with van der Waals surface area (Å²) in [6.45, 7) is 4.99. The summed E-state index contributed by atoms with van der Waals surface area (Å²) in [5.74, 6) is 0.195. The number of rotatable bonds is 4. The number of carbonyl (C=O) groups excluding carboxylic acids is 1. The van der Waals surface area contributed by atoms with Gasteiger partial charge >= 0.3 is 0 Å². The molecule has 0 saturated carbocycles. The minimum Gasteiger partial charge on any atom is -0.351 e. The quantitative estimate of drug-likeness (QED) is 0.853. The Labute approximate surface area is 163 Å². The number of aryl methyl sites for hydroxylation is 1. The third kappa shape index (κ3) is 4.06. The van der Waals surface area contributed by atoms with Crippen LogP contribution in [-0.2, 0) is 0 Å². The molecular formula is C21H26FN3OS. The Morgan fingerprint density at radius 3 is 3.00 bits per heavy atom. The van der Waals surface area contributed by atoms with Gasteiger partial charge in [-0.1, -0.05) is 18.6 Å². The van der Waals surface area contributed by atoms with E-state index in [0.717, 1.165) is 6.54 Å². The highest BCUT2D eigenvalue weighted by Gasteiger charge is 2.33. The fourth-order valence-corrected chi connectivity index (χ4v) is 5.45. The van der Waals surface area contributed by atoms with Gasteiger partial charge in [-0.3, -0.25) is 4.79 Å². The van der Waals surface area contributed by atoms with Gasteiger partial charge < -0.3 is 10.2 Å². The number of fused-ring (bicyclic) bond motifs is 1. The molecule has 3 heterocycles. The van der Waals surface area contributed by atoms with Crippen LogP contribution in [-0.4, -0.2) is 41.5 Å². The van der Waals surface area contributed by atoms with E-state index in [0.29, 0.717) is 33.1 Å². The molecule has 2 saturated heterocycles. The fourth-order valence-electron chi connectivity index (χ4n) is 4.47. The van der Waals surface area contributed by atoms with Crippen molar-refractivity contribution in [3.05, 3.63) is 40.7 Å². The van der Waals surface area contributed by atoms with E-state index in [-0.39, 0.29) is 11.7 Å². The van der Waals surface area contributed by atoms with Crippen molar-refractivity contribution in [3.63, 3.8) is 0 Å². The molecule has 1 N–H and O–H groups in total. The van der Waals surface area contributed by atoms with E-state index in [9.17, 15) is 9.18 Å². The molecule has 27 heavy (non-hydrogen) atoms. The number of nitrogens with zero attached hydrogens (tertiary/aromatic N) is 2. The van der Waals surface area contributed by atoms with Crippen molar-refractivity contribution < 1.29 is 9.18 Å². The molecule has 2 aliphatic rings. The van der Waals surface area contributed by atoms with Crippen molar-refractivity contribution in [2.45, 2.75) is 45.1 Å². The summed E-state index contributed by atoms with van der Waals surface area (Å²) in [6.07, 6.45) is 6.27. The van der Waals surface area contributed by atoms with Crippen molar-refractivity contribution in [2.24, 2.45) is 5.92 Å². The summed E-state index contributed by atoms with van der Waals surface area (Å²) < 4.78 is 13.5. The van der Waals surface area contributed by atoms with Crippen molar-refractivity contribution in [1.29, 1.82) is 0 Å². The second kappa shape index (κ2) is 8.07. The topological polar surface area (TPSA) is 45.2 Å². The number of aromatic nitrogens is 1. The lowest BCUT2D eigenvalue weighted by molar-refractivity contribution is 0.0576. The Hall–Kier alpha value is -1.79. The van der Waals surface area contributed by atoms with E-state index >= 15 is 0 Å². The first-order valence-electron chi connectivity index (χ1n) is 9.87. The van der Waals surface area contributed by atoms with Crippen molar-refractivity contribution in [1.82, 2.24) is 15.2 Å². The smallest absolute Gasteiger partial charge is 0.263 e. The normalized spacial score (nSPS) is 23.0. The van der Waals surface area contributed by atoms with Crippen LogP contribution in [0.5, 0.6) is 0 Å². The molecule has 1 aromatic heterocycles. The van der Waals surface area contributed by atoms with E-state index in [2.05, 4.69) is 15.2 Å². The van der Waals surface area contributed by atoms with Crippen LogP contribution >= 0.6 is 11.3 Å². The highest BCUT2D eigenvalue weighted by Crippen LogP contribution is 2.31. The summed E-state index contributed by atoms with van der Waals surface area (Å²) in [5.41, 5.74) is 1.42. The zero-order valence-electron chi connectivity index (χ0n) is 15.7. The van der Waals surface area contributed by atoms with Gasteiger partial charge in [0.05, 0.1) is 5.69 Å². The predicted molar refractivity (Wildman–Crippen MR) is 107 cm³/mol. The molecule has 2 atom stereocenters. The number of hydrogen-bond acceptors (Lipinski definition) is 4. The van der Waals surface area contributed by atoms with Gasteiger partial charge in [-0.05, 0) is 63.7 Å². The average molecular weight is 388 g/mol. The van der Waals surface area contributed by atoms with Crippen LogP contribution in [0, 0.1) is 18.7 Å². The molecule has 0 radical (unpaired) electrons. The van der Waals surface area contributed by atoms with Gasteiger partial charge in [0.15, 0.2) is 0 Å². The van der Waals surface area contributed by atoms with Gasteiger partial charge in [0.2, 0.25) is 0 Å². The molecule has 0 bridgehead atoms. The number of piperidine rings is 2. The van der Waals surface area contributed by atoms with Crippen LogP contribution in [0.25, 0.3) is 10.6 Å². The van der Waals surface area contributed by atoms with Crippen LogP contribution in [0.15, 0.2) is 24.3 Å². The summed E-state index contributed by atoms with van der Waals surface area (Å²) in [5, 5.41) is 3.84. The summed E-state index contributed by atoms with van der Waals surface area (Å²) in [6, 6.07) is 6.98. The Kier molecular flexibility index (Phi) is 5.55. The minimum absolute atomic E-state index is 0.0550. The second-order valence-electron chi connectivity index (χ2n) is 7.66. The Balaban J connectivity index is 1.42. The third-order valence-electron chi connectivity index (χ3n) is 5.83. The van der Waals surface area contributed by atoms with Crippen LogP contribution in [0.2, 0.25) is 0 Å². The van der Waals surface area contributed by atoms with Crippen LogP contribution in [0.1, 0.15) is 47.5 Å². The first-order valence-corrected chi connectivity index (χ1v) is 10.7. The maximum absolute atomic E-state index is 13.5. The molecular weight excluding hydrogens is 361 g/mol. The van der Waals surface area contributed by atoms with Crippen LogP contribution < -0.4 is 5.32 Å². The van der Waals surface area contributed by atoms with E-state index in [1.54, 1.807) is 6.07 Å². The molecule has 1 aromatic carbocycles. The van der Waals surface area contributed by atoms with Gasteiger partial charge in [-0.25, -0.2) is 9.37 Å². The average Bonchev–Trinajstić information content (AvgIpc) is 3.08. The summed E-state index contributed by atoms with van der Waals surface area (Å²) in [7, 11) is 0. The molecule has 0 aliphatic carbocycles. The van der Waals surface area contributed by atoms with E-state index in [1.807, 2.05) is 13.0 Å². The lowest BCUT2D eigenvalue weighted by Crippen LogP contribution is -2.50. The molecule has 2 fully saturated rings. The monoisotopic (exact) mass is 387 g/mol. The Morgan fingerprint density at radius 2 is 2.15 bits per heavy atom. The largest absolute Gasteiger partial charge is 0.351 e. The number of halogens is 1. The zero-order chi connectivity index (χ0) is 18.8. The summed E-state index contributed by atoms with van der Waals surface area (Å²) >= 11 is 1.34. The molecule has 6 heteroatoms. The molecule has 2 aliphatic heterocycles. The maximum atomic E-state index is 13.5. The standard InChI is InChI=1S/C21H26FN3OS/c1-14-19(27-21(24-14)15-6-4-8-17(22)12-15)20(26)23-13-16-7-5-11-25-10-3-2-9-18(16)25/h4,6,8,12,16,18H,2-3,5,7,9-11,13H2,1H3,(H,23,26)/t16-,18+/m0/s1. The molecule has 2 aromatic rings. The number of benzene rings is 1. The highest BCUT2D eigenvalue weighted by molar-refractivity contribution is 7.17. The highest BCUT2D eigenvalue weighted by atomic mass is 32.1. The molecule has 4 rings (SSSR count). The number of carbonyl (C=O) groups is 1. The van der Waals surface area contributed by atoms with Gasteiger partial charge in [0.1, 0.15) is 15.7 Å². The first kappa shape index (κ1) is 18.6. The molecule has 144 valence electrons. The Morgan fingerprint density at radius 1 is 1.30 bits per heavy atom. The van der Waals surface area contributed by atoms with Crippen LogP contribution in [0.4, 0.5) is 4.39 Å². The van der Waals surface area contributed by atoms with Gasteiger partial charge in [-0.2, -0.15) is 0 Å². The predicted octanol–water partition coefficient (Wildman–Crippen LogP) is 4.25. The first-order chi connectivity index (χ1) is 13.1. The number of amides is 1.